The number of halogens is 1. The Morgan fingerprint density at radius 1 is 0.917 bits per heavy atom. The summed E-state index contributed by atoms with van der Waals surface area (Å²) in [6.07, 6.45) is 4.33. The predicted molar refractivity (Wildman–Crippen MR) is 146 cm³/mol. The highest BCUT2D eigenvalue weighted by atomic mass is 35.5. The number of imidazole rings is 1. The Balaban J connectivity index is 0.00000148. The van der Waals surface area contributed by atoms with E-state index in [0.29, 0.717) is 29.8 Å². The average molecular weight is 501 g/mol. The molecule has 184 valence electrons. The molecule has 0 amide bonds. The minimum absolute atomic E-state index is 0.404. The number of ether oxygens (including phenoxy) is 1. The quantitative estimate of drug-likeness (QED) is 0.250. The van der Waals surface area contributed by atoms with E-state index in [1.54, 1.807) is 12.4 Å². The average Bonchev–Trinajstić information content (AvgIpc) is 3.32. The van der Waals surface area contributed by atoms with Crippen LogP contribution in [0.1, 0.15) is 32.8 Å². The third kappa shape index (κ3) is 5.16. The van der Waals surface area contributed by atoms with Gasteiger partial charge in [-0.2, -0.15) is 0 Å². The minimum Gasteiger partial charge on any atom is -0.492 e. The van der Waals surface area contributed by atoms with Gasteiger partial charge in [-0.1, -0.05) is 32.9 Å². The first-order chi connectivity index (χ1) is 17.7. The van der Waals surface area contributed by atoms with Gasteiger partial charge in [-0.25, -0.2) is 15.0 Å². The van der Waals surface area contributed by atoms with E-state index >= 15 is 0 Å². The second-order valence-corrected chi connectivity index (χ2v) is 8.04. The Labute approximate surface area is 216 Å². The van der Waals surface area contributed by atoms with Gasteiger partial charge in [0.1, 0.15) is 17.1 Å². The number of hydrogen-bond acceptors (Lipinski definition) is 6. The van der Waals surface area contributed by atoms with Crippen LogP contribution in [-0.4, -0.2) is 31.1 Å². The largest absolute Gasteiger partial charge is 0.492 e. The summed E-state index contributed by atoms with van der Waals surface area (Å²) in [4.78, 5) is 18.6. The van der Waals surface area contributed by atoms with Crippen molar-refractivity contribution in [3.05, 3.63) is 78.6 Å². The lowest BCUT2D eigenvalue weighted by molar-refractivity contribution is 0.316. The monoisotopic (exact) mass is 500 g/mol. The number of fused-ring (bicyclic) bond motifs is 1. The lowest BCUT2D eigenvalue weighted by Crippen LogP contribution is -2.02. The predicted octanol–water partition coefficient (Wildman–Crippen LogP) is 6.68. The molecule has 0 fully saturated rings. The van der Waals surface area contributed by atoms with E-state index in [1.807, 2.05) is 79.1 Å². The Kier molecular flexibility index (Phi) is 8.13. The standard InChI is InChI=1S/C26H23ClN6O.C2H6/c1-2-14-34-19-9-10-21(30-16-19)22-11-12-23-26(31-22)33(18-7-5-17(15-27)6-8-18)25(32-23)20-4-3-13-29-24(20)28;1-2/h3-13,16H,2,14-15H2,1H3,(H2,28,29);1-2H3. The highest BCUT2D eigenvalue weighted by Crippen LogP contribution is 2.31. The van der Waals surface area contributed by atoms with Gasteiger partial charge in [-0.15, -0.1) is 11.6 Å². The van der Waals surface area contributed by atoms with E-state index in [4.69, 9.17) is 32.0 Å². The lowest BCUT2D eigenvalue weighted by Gasteiger charge is -2.11. The summed E-state index contributed by atoms with van der Waals surface area (Å²) in [5, 5.41) is 0. The fourth-order valence-electron chi connectivity index (χ4n) is 3.70. The molecule has 5 aromatic rings. The topological polar surface area (TPSA) is 91.7 Å². The van der Waals surface area contributed by atoms with Gasteiger partial charge in [0.25, 0.3) is 0 Å². The molecule has 0 radical (unpaired) electrons. The second kappa shape index (κ2) is 11.6. The molecule has 0 aliphatic carbocycles. The van der Waals surface area contributed by atoms with E-state index in [-0.39, 0.29) is 0 Å². The van der Waals surface area contributed by atoms with Crippen LogP contribution < -0.4 is 10.5 Å². The number of pyridine rings is 3. The molecule has 8 heteroatoms. The van der Waals surface area contributed by atoms with E-state index in [0.717, 1.165) is 45.9 Å². The van der Waals surface area contributed by atoms with E-state index in [1.165, 1.54) is 0 Å². The number of aromatic nitrogens is 5. The van der Waals surface area contributed by atoms with E-state index in [9.17, 15) is 0 Å². The van der Waals surface area contributed by atoms with Gasteiger partial charge in [0.15, 0.2) is 11.5 Å². The third-order valence-corrected chi connectivity index (χ3v) is 5.71. The van der Waals surface area contributed by atoms with Crippen molar-refractivity contribution in [2.24, 2.45) is 0 Å². The number of nitrogens with two attached hydrogens (primary N) is 1. The molecule has 0 saturated carbocycles. The van der Waals surface area contributed by atoms with Gasteiger partial charge in [0.2, 0.25) is 0 Å². The van der Waals surface area contributed by atoms with Gasteiger partial charge in [0, 0.05) is 17.8 Å². The number of anilines is 1. The van der Waals surface area contributed by atoms with Crippen LogP contribution in [0.2, 0.25) is 0 Å². The molecule has 0 aliphatic heterocycles. The maximum absolute atomic E-state index is 6.21. The SMILES string of the molecule is CC.CCCOc1ccc(-c2ccc3nc(-c4cccnc4N)n(-c4ccc(CCl)cc4)c3n2)nc1. The molecule has 2 N–H and O–H groups in total. The molecule has 4 aromatic heterocycles. The first-order valence-corrected chi connectivity index (χ1v) is 12.6. The summed E-state index contributed by atoms with van der Waals surface area (Å²) in [5.74, 6) is 2.26. The van der Waals surface area contributed by atoms with Gasteiger partial charge in [-0.3, -0.25) is 9.55 Å². The van der Waals surface area contributed by atoms with E-state index < -0.39 is 0 Å². The van der Waals surface area contributed by atoms with Crippen molar-refractivity contribution < 1.29 is 4.74 Å². The van der Waals surface area contributed by atoms with Crippen LogP contribution in [0.15, 0.2) is 73.1 Å². The molecule has 0 saturated heterocycles. The van der Waals surface area contributed by atoms with Gasteiger partial charge >= 0.3 is 0 Å². The van der Waals surface area contributed by atoms with Crippen LogP contribution in [0.4, 0.5) is 5.82 Å². The van der Waals surface area contributed by atoms with Gasteiger partial charge in [-0.05, 0) is 60.5 Å². The van der Waals surface area contributed by atoms with Crippen molar-refractivity contribution in [1.29, 1.82) is 0 Å². The molecule has 7 nitrogen and oxygen atoms in total. The summed E-state index contributed by atoms with van der Waals surface area (Å²) in [5.41, 5.74) is 11.8. The lowest BCUT2D eigenvalue weighted by atomic mass is 10.2. The number of alkyl halides is 1. The second-order valence-electron chi connectivity index (χ2n) is 7.77. The molecule has 0 atom stereocenters. The highest BCUT2D eigenvalue weighted by molar-refractivity contribution is 6.17. The van der Waals surface area contributed by atoms with E-state index in [2.05, 4.69) is 16.9 Å². The van der Waals surface area contributed by atoms with Crippen LogP contribution >= 0.6 is 11.6 Å². The zero-order valence-electron chi connectivity index (χ0n) is 20.6. The van der Waals surface area contributed by atoms with Crippen molar-refractivity contribution in [2.45, 2.75) is 33.1 Å². The van der Waals surface area contributed by atoms with Gasteiger partial charge in [0.05, 0.1) is 29.8 Å². The number of benzene rings is 1. The molecule has 0 spiro atoms. The Morgan fingerprint density at radius 2 is 1.69 bits per heavy atom. The number of hydrogen-bond donors (Lipinski definition) is 1. The zero-order valence-corrected chi connectivity index (χ0v) is 21.4. The Bertz CT molecular complexity index is 1430. The third-order valence-electron chi connectivity index (χ3n) is 5.40. The minimum atomic E-state index is 0.404. The van der Waals surface area contributed by atoms with Crippen molar-refractivity contribution >= 4 is 28.6 Å². The normalized spacial score (nSPS) is 10.7. The molecule has 4 heterocycles. The number of nitrogens with zero attached hydrogens (tertiary/aromatic N) is 5. The molecular formula is C28H29ClN6O. The van der Waals surface area contributed by atoms with Crippen molar-refractivity contribution in [1.82, 2.24) is 24.5 Å². The first kappa shape index (κ1) is 25.1. The van der Waals surface area contributed by atoms with Crippen LogP contribution in [0.25, 0.3) is 39.6 Å². The number of nitrogen functional groups attached to an aromatic ring is 1. The fourth-order valence-corrected chi connectivity index (χ4v) is 3.88. The van der Waals surface area contributed by atoms with Crippen molar-refractivity contribution in [2.75, 3.05) is 12.3 Å². The summed E-state index contributed by atoms with van der Waals surface area (Å²) < 4.78 is 7.64. The summed E-state index contributed by atoms with van der Waals surface area (Å²) in [6, 6.07) is 19.4. The maximum Gasteiger partial charge on any atom is 0.165 e. The maximum atomic E-state index is 6.21. The molecule has 0 aliphatic rings. The van der Waals surface area contributed by atoms with Crippen LogP contribution in [0, 0.1) is 0 Å². The molecule has 36 heavy (non-hydrogen) atoms. The smallest absolute Gasteiger partial charge is 0.165 e. The highest BCUT2D eigenvalue weighted by Gasteiger charge is 2.19. The van der Waals surface area contributed by atoms with Crippen molar-refractivity contribution in [3.63, 3.8) is 0 Å². The first-order valence-electron chi connectivity index (χ1n) is 12.0. The molecule has 0 bridgehead atoms. The molecule has 1 aromatic carbocycles. The molecular weight excluding hydrogens is 472 g/mol. The fraction of sp³-hybridized carbons (Fsp3) is 0.214. The van der Waals surface area contributed by atoms with Gasteiger partial charge < -0.3 is 10.5 Å². The molecule has 5 rings (SSSR count). The zero-order chi connectivity index (χ0) is 25.5. The summed E-state index contributed by atoms with van der Waals surface area (Å²) in [6.45, 7) is 6.73. The molecule has 0 unspecified atom stereocenters. The Morgan fingerprint density at radius 3 is 2.36 bits per heavy atom. The summed E-state index contributed by atoms with van der Waals surface area (Å²) in [7, 11) is 0. The van der Waals surface area contributed by atoms with Crippen LogP contribution in [-0.2, 0) is 5.88 Å². The summed E-state index contributed by atoms with van der Waals surface area (Å²) >= 11 is 6.00. The number of rotatable bonds is 7. The van der Waals surface area contributed by atoms with Crippen LogP contribution in [0.3, 0.4) is 0 Å². The van der Waals surface area contributed by atoms with Crippen LogP contribution in [0.5, 0.6) is 5.75 Å². The Hall–Kier alpha value is -3.97. The van der Waals surface area contributed by atoms with Crippen molar-refractivity contribution in [3.8, 4) is 34.2 Å².